The molecule has 0 aliphatic heterocycles. The molecule has 0 aliphatic carbocycles. The van der Waals surface area contributed by atoms with Gasteiger partial charge in [-0.1, -0.05) is 12.1 Å². The lowest BCUT2D eigenvalue weighted by Gasteiger charge is -2.11. The maximum Gasteiger partial charge on any atom is 0.337 e. The highest BCUT2D eigenvalue weighted by molar-refractivity contribution is 5.97. The number of esters is 2. The molecule has 0 atom stereocenters. The molecule has 0 bridgehead atoms. The second-order valence-corrected chi connectivity index (χ2v) is 5.88. The highest BCUT2D eigenvalue weighted by Gasteiger charge is 2.16. The summed E-state index contributed by atoms with van der Waals surface area (Å²) in [4.78, 5) is 28.6. The van der Waals surface area contributed by atoms with Gasteiger partial charge in [-0.2, -0.15) is 0 Å². The van der Waals surface area contributed by atoms with Gasteiger partial charge in [0.1, 0.15) is 6.33 Å². The van der Waals surface area contributed by atoms with E-state index in [1.54, 1.807) is 22.9 Å². The number of aromatic nitrogens is 4. The SMILES string of the molecule is COC(=O)c1cc(Nc2nc3ccccc3n3cnnc23)cc(C(=O)OC)c1. The van der Waals surface area contributed by atoms with Crippen LogP contribution in [-0.2, 0) is 9.47 Å². The van der Waals surface area contributed by atoms with Gasteiger partial charge in [0.05, 0.1) is 36.4 Å². The van der Waals surface area contributed by atoms with E-state index in [1.165, 1.54) is 20.3 Å². The number of para-hydroxylation sites is 2. The average molecular weight is 377 g/mol. The summed E-state index contributed by atoms with van der Waals surface area (Å²) in [7, 11) is 2.54. The maximum absolute atomic E-state index is 12.0. The van der Waals surface area contributed by atoms with Gasteiger partial charge in [-0.05, 0) is 30.3 Å². The number of methoxy groups -OCH3 is 2. The molecule has 0 spiro atoms. The first-order chi connectivity index (χ1) is 13.6. The van der Waals surface area contributed by atoms with Crippen LogP contribution in [0, 0.1) is 0 Å². The molecule has 140 valence electrons. The van der Waals surface area contributed by atoms with E-state index in [4.69, 9.17) is 9.47 Å². The Labute approximate surface area is 158 Å². The van der Waals surface area contributed by atoms with E-state index in [0.29, 0.717) is 17.2 Å². The normalized spacial score (nSPS) is 10.8. The van der Waals surface area contributed by atoms with Crippen molar-refractivity contribution in [3.63, 3.8) is 0 Å². The van der Waals surface area contributed by atoms with Gasteiger partial charge in [0.25, 0.3) is 0 Å². The van der Waals surface area contributed by atoms with Gasteiger partial charge in [-0.25, -0.2) is 14.6 Å². The molecule has 9 nitrogen and oxygen atoms in total. The van der Waals surface area contributed by atoms with Crippen molar-refractivity contribution in [3.8, 4) is 0 Å². The Hall–Kier alpha value is -4.01. The number of benzene rings is 2. The van der Waals surface area contributed by atoms with E-state index >= 15 is 0 Å². The van der Waals surface area contributed by atoms with Gasteiger partial charge >= 0.3 is 11.9 Å². The maximum atomic E-state index is 12.0. The topological polar surface area (TPSA) is 108 Å². The first-order valence-electron chi connectivity index (χ1n) is 8.28. The zero-order valence-corrected chi connectivity index (χ0v) is 15.0. The Morgan fingerprint density at radius 3 is 2.36 bits per heavy atom. The molecule has 4 rings (SSSR count). The van der Waals surface area contributed by atoms with Crippen molar-refractivity contribution in [1.82, 2.24) is 19.6 Å². The summed E-state index contributed by atoms with van der Waals surface area (Å²) in [5.41, 5.74) is 2.94. The van der Waals surface area contributed by atoms with E-state index in [1.807, 2.05) is 24.3 Å². The van der Waals surface area contributed by atoms with E-state index in [-0.39, 0.29) is 11.1 Å². The summed E-state index contributed by atoms with van der Waals surface area (Å²) < 4.78 is 11.3. The van der Waals surface area contributed by atoms with E-state index in [2.05, 4.69) is 20.5 Å². The average Bonchev–Trinajstić information content (AvgIpc) is 3.23. The summed E-state index contributed by atoms with van der Waals surface area (Å²) in [6.45, 7) is 0. The van der Waals surface area contributed by atoms with Crippen molar-refractivity contribution in [1.29, 1.82) is 0 Å². The molecule has 0 saturated carbocycles. The van der Waals surface area contributed by atoms with Crippen molar-refractivity contribution in [2.24, 2.45) is 0 Å². The summed E-state index contributed by atoms with van der Waals surface area (Å²) in [5, 5.41) is 11.2. The Kier molecular flexibility index (Phi) is 4.32. The molecule has 28 heavy (non-hydrogen) atoms. The molecule has 0 radical (unpaired) electrons. The minimum Gasteiger partial charge on any atom is -0.465 e. The zero-order valence-electron chi connectivity index (χ0n) is 15.0. The molecule has 2 aromatic carbocycles. The molecule has 0 fully saturated rings. The number of nitrogens with one attached hydrogen (secondary N) is 1. The third-order valence-corrected chi connectivity index (χ3v) is 4.17. The lowest BCUT2D eigenvalue weighted by molar-refractivity contribution is 0.0599. The second kappa shape index (κ2) is 6.95. The minimum atomic E-state index is -0.576. The molecule has 9 heteroatoms. The fourth-order valence-electron chi connectivity index (χ4n) is 2.90. The van der Waals surface area contributed by atoms with Crippen molar-refractivity contribution >= 4 is 40.1 Å². The van der Waals surface area contributed by atoms with Gasteiger partial charge < -0.3 is 14.8 Å². The van der Waals surface area contributed by atoms with Crippen LogP contribution in [0.15, 0.2) is 48.8 Å². The number of hydrogen-bond acceptors (Lipinski definition) is 8. The number of hydrogen-bond donors (Lipinski definition) is 1. The van der Waals surface area contributed by atoms with Gasteiger partial charge in [-0.15, -0.1) is 10.2 Å². The van der Waals surface area contributed by atoms with Crippen molar-refractivity contribution in [3.05, 3.63) is 59.9 Å². The van der Waals surface area contributed by atoms with Crippen LogP contribution in [0.1, 0.15) is 20.7 Å². The van der Waals surface area contributed by atoms with Crippen LogP contribution in [0.4, 0.5) is 11.5 Å². The Balaban J connectivity index is 1.85. The molecule has 0 amide bonds. The van der Waals surface area contributed by atoms with Crippen LogP contribution in [0.25, 0.3) is 16.7 Å². The van der Waals surface area contributed by atoms with Crippen LogP contribution < -0.4 is 5.32 Å². The summed E-state index contributed by atoms with van der Waals surface area (Å²) >= 11 is 0. The van der Waals surface area contributed by atoms with Crippen LogP contribution >= 0.6 is 0 Å². The van der Waals surface area contributed by atoms with E-state index < -0.39 is 11.9 Å². The van der Waals surface area contributed by atoms with E-state index in [0.717, 1.165) is 11.0 Å². The quantitative estimate of drug-likeness (QED) is 0.541. The number of anilines is 2. The number of nitrogens with zero attached hydrogens (tertiary/aromatic N) is 4. The second-order valence-electron chi connectivity index (χ2n) is 5.88. The van der Waals surface area contributed by atoms with Crippen molar-refractivity contribution in [2.45, 2.75) is 0 Å². The predicted molar refractivity (Wildman–Crippen MR) is 101 cm³/mol. The molecule has 0 saturated heterocycles. The highest BCUT2D eigenvalue weighted by atomic mass is 16.5. The third-order valence-electron chi connectivity index (χ3n) is 4.17. The van der Waals surface area contributed by atoms with Gasteiger partial charge in [0.15, 0.2) is 5.82 Å². The molecule has 4 aromatic rings. The van der Waals surface area contributed by atoms with Crippen LogP contribution in [0.2, 0.25) is 0 Å². The smallest absolute Gasteiger partial charge is 0.337 e. The molecule has 2 aromatic heterocycles. The largest absolute Gasteiger partial charge is 0.465 e. The van der Waals surface area contributed by atoms with Crippen molar-refractivity contribution in [2.75, 3.05) is 19.5 Å². The van der Waals surface area contributed by atoms with Gasteiger partial charge in [0, 0.05) is 5.69 Å². The molecular formula is C19H15N5O4. The Bertz CT molecular complexity index is 1180. The molecule has 2 heterocycles. The lowest BCUT2D eigenvalue weighted by atomic mass is 10.1. The zero-order chi connectivity index (χ0) is 19.7. The van der Waals surface area contributed by atoms with Crippen molar-refractivity contribution < 1.29 is 19.1 Å². The van der Waals surface area contributed by atoms with Gasteiger partial charge in [-0.3, -0.25) is 4.40 Å². The summed E-state index contributed by atoms with van der Waals surface area (Å²) in [6.07, 6.45) is 1.59. The first-order valence-corrected chi connectivity index (χ1v) is 8.28. The minimum absolute atomic E-state index is 0.200. The predicted octanol–water partition coefficient (Wildman–Crippen LogP) is 2.59. The van der Waals surface area contributed by atoms with Crippen LogP contribution in [0.3, 0.4) is 0 Å². The van der Waals surface area contributed by atoms with Crippen LogP contribution in [-0.4, -0.2) is 45.7 Å². The lowest BCUT2D eigenvalue weighted by Crippen LogP contribution is -2.08. The van der Waals surface area contributed by atoms with Crippen LogP contribution in [0.5, 0.6) is 0 Å². The molecular weight excluding hydrogens is 362 g/mol. The third kappa shape index (κ3) is 2.98. The Morgan fingerprint density at radius 2 is 1.68 bits per heavy atom. The monoisotopic (exact) mass is 377 g/mol. The molecule has 1 N–H and O–H groups in total. The van der Waals surface area contributed by atoms with Gasteiger partial charge in [0.2, 0.25) is 5.65 Å². The number of ether oxygens (including phenoxy) is 2. The first kappa shape index (κ1) is 17.4. The standard InChI is InChI=1S/C19H15N5O4/c1-27-18(25)11-7-12(19(26)28-2)9-13(8-11)21-16-17-23-20-10-24(17)15-6-4-3-5-14(15)22-16/h3-10H,1-2H3,(H,21,22). The number of carbonyl (C=O) groups is 2. The molecule has 0 aliphatic rings. The molecule has 0 unspecified atom stereocenters. The fraction of sp³-hybridized carbons (Fsp3) is 0.105. The van der Waals surface area contributed by atoms with E-state index in [9.17, 15) is 9.59 Å². The highest BCUT2D eigenvalue weighted by Crippen LogP contribution is 2.25. The summed E-state index contributed by atoms with van der Waals surface area (Å²) in [6, 6.07) is 12.1. The number of carbonyl (C=O) groups excluding carboxylic acids is 2. The number of fused-ring (bicyclic) bond motifs is 3. The Morgan fingerprint density at radius 1 is 1.00 bits per heavy atom. The summed E-state index contributed by atoms with van der Waals surface area (Å²) in [5.74, 6) is -0.727. The number of rotatable bonds is 4. The fourth-order valence-corrected chi connectivity index (χ4v) is 2.90.